The maximum atomic E-state index is 12.5. The number of anilines is 2. The number of nitrogens with zero attached hydrogens (tertiary/aromatic N) is 1. The number of unbranched alkanes of at least 4 members (excludes halogenated alkanes) is 1. The standard InChI is InChI=1S/C20H24N2O2/c1-2-3-14-24-18-10-8-17(9-11-18)21-15-20(23)22-13-12-16-6-4-5-7-19(16)22/h4-11,21H,2-3,12-15H2,1H3. The van der Waals surface area contributed by atoms with Gasteiger partial charge in [0.25, 0.3) is 0 Å². The molecule has 0 aliphatic carbocycles. The third-order valence-electron chi connectivity index (χ3n) is 4.25. The molecule has 0 bridgehead atoms. The number of rotatable bonds is 7. The summed E-state index contributed by atoms with van der Waals surface area (Å²) in [6.45, 7) is 3.96. The number of nitrogens with one attached hydrogen (secondary N) is 1. The molecule has 4 nitrogen and oxygen atoms in total. The Morgan fingerprint density at radius 2 is 1.96 bits per heavy atom. The second-order valence-corrected chi connectivity index (χ2v) is 6.00. The van der Waals surface area contributed by atoms with Crippen LogP contribution in [0.2, 0.25) is 0 Å². The molecule has 0 radical (unpaired) electrons. The largest absolute Gasteiger partial charge is 0.494 e. The van der Waals surface area contributed by atoms with Crippen LogP contribution in [-0.2, 0) is 11.2 Å². The van der Waals surface area contributed by atoms with Crippen LogP contribution in [0, 0.1) is 0 Å². The number of para-hydroxylation sites is 1. The van der Waals surface area contributed by atoms with E-state index in [-0.39, 0.29) is 5.91 Å². The van der Waals surface area contributed by atoms with Gasteiger partial charge in [0.15, 0.2) is 0 Å². The molecule has 126 valence electrons. The number of amides is 1. The number of carbonyl (C=O) groups excluding carboxylic acids is 1. The van der Waals surface area contributed by atoms with Crippen LogP contribution in [0.4, 0.5) is 11.4 Å². The van der Waals surface area contributed by atoms with Crippen molar-refractivity contribution in [1.29, 1.82) is 0 Å². The van der Waals surface area contributed by atoms with Crippen molar-refractivity contribution in [3.63, 3.8) is 0 Å². The van der Waals surface area contributed by atoms with Crippen LogP contribution in [0.25, 0.3) is 0 Å². The van der Waals surface area contributed by atoms with Gasteiger partial charge in [-0.2, -0.15) is 0 Å². The Kier molecular flexibility index (Phi) is 5.36. The van der Waals surface area contributed by atoms with Crippen molar-refractivity contribution < 1.29 is 9.53 Å². The zero-order chi connectivity index (χ0) is 16.8. The molecule has 3 rings (SSSR count). The number of benzene rings is 2. The van der Waals surface area contributed by atoms with Crippen LogP contribution in [-0.4, -0.2) is 25.6 Å². The predicted molar refractivity (Wildman–Crippen MR) is 97.8 cm³/mol. The van der Waals surface area contributed by atoms with E-state index in [1.54, 1.807) is 0 Å². The van der Waals surface area contributed by atoms with E-state index in [1.807, 2.05) is 47.4 Å². The highest BCUT2D eigenvalue weighted by Crippen LogP contribution is 2.27. The molecule has 1 heterocycles. The Bertz CT molecular complexity index is 682. The number of hydrogen-bond donors (Lipinski definition) is 1. The predicted octanol–water partition coefficient (Wildman–Crippen LogP) is 3.87. The Morgan fingerprint density at radius 3 is 2.75 bits per heavy atom. The first-order valence-corrected chi connectivity index (χ1v) is 8.63. The molecule has 24 heavy (non-hydrogen) atoms. The number of hydrogen-bond acceptors (Lipinski definition) is 3. The summed E-state index contributed by atoms with van der Waals surface area (Å²) in [7, 11) is 0. The second kappa shape index (κ2) is 7.86. The zero-order valence-electron chi connectivity index (χ0n) is 14.1. The van der Waals surface area contributed by atoms with Gasteiger partial charge in [-0.25, -0.2) is 0 Å². The van der Waals surface area contributed by atoms with Crippen molar-refractivity contribution in [2.24, 2.45) is 0 Å². The second-order valence-electron chi connectivity index (χ2n) is 6.00. The molecule has 0 atom stereocenters. The molecule has 0 aromatic heterocycles. The van der Waals surface area contributed by atoms with Crippen molar-refractivity contribution >= 4 is 17.3 Å². The van der Waals surface area contributed by atoms with Crippen molar-refractivity contribution in [2.45, 2.75) is 26.2 Å². The summed E-state index contributed by atoms with van der Waals surface area (Å²) in [4.78, 5) is 14.3. The van der Waals surface area contributed by atoms with E-state index in [2.05, 4.69) is 18.3 Å². The fourth-order valence-corrected chi connectivity index (χ4v) is 2.87. The van der Waals surface area contributed by atoms with E-state index in [0.29, 0.717) is 6.54 Å². The van der Waals surface area contributed by atoms with Crippen molar-refractivity contribution in [2.75, 3.05) is 29.9 Å². The molecule has 0 unspecified atom stereocenters. The zero-order valence-corrected chi connectivity index (χ0v) is 14.1. The molecule has 1 amide bonds. The van der Waals surface area contributed by atoms with E-state index in [4.69, 9.17) is 4.74 Å². The topological polar surface area (TPSA) is 41.6 Å². The lowest BCUT2D eigenvalue weighted by Gasteiger charge is -2.18. The number of ether oxygens (including phenoxy) is 1. The molecule has 4 heteroatoms. The summed E-state index contributed by atoms with van der Waals surface area (Å²) >= 11 is 0. The maximum Gasteiger partial charge on any atom is 0.246 e. The first-order valence-electron chi connectivity index (χ1n) is 8.63. The summed E-state index contributed by atoms with van der Waals surface area (Å²) in [5.74, 6) is 0.969. The highest BCUT2D eigenvalue weighted by atomic mass is 16.5. The van der Waals surface area contributed by atoms with Crippen LogP contribution in [0.3, 0.4) is 0 Å². The molecular formula is C20H24N2O2. The van der Waals surface area contributed by atoms with E-state index < -0.39 is 0 Å². The van der Waals surface area contributed by atoms with Crippen LogP contribution in [0.1, 0.15) is 25.3 Å². The summed E-state index contributed by atoms with van der Waals surface area (Å²) in [5, 5.41) is 3.20. The van der Waals surface area contributed by atoms with Crippen LogP contribution in [0.15, 0.2) is 48.5 Å². The summed E-state index contributed by atoms with van der Waals surface area (Å²) in [5.41, 5.74) is 3.22. The summed E-state index contributed by atoms with van der Waals surface area (Å²) in [6, 6.07) is 15.9. The van der Waals surface area contributed by atoms with E-state index in [0.717, 1.165) is 49.5 Å². The maximum absolute atomic E-state index is 12.5. The van der Waals surface area contributed by atoms with Gasteiger partial charge < -0.3 is 15.0 Å². The monoisotopic (exact) mass is 324 g/mol. The quantitative estimate of drug-likeness (QED) is 0.786. The van der Waals surface area contributed by atoms with Crippen molar-refractivity contribution in [1.82, 2.24) is 0 Å². The highest BCUT2D eigenvalue weighted by molar-refractivity contribution is 5.98. The molecule has 1 aliphatic heterocycles. The molecule has 2 aromatic carbocycles. The van der Waals surface area contributed by atoms with Gasteiger partial charge in [-0.1, -0.05) is 31.5 Å². The molecule has 0 fully saturated rings. The molecular weight excluding hydrogens is 300 g/mol. The van der Waals surface area contributed by atoms with Gasteiger partial charge in [-0.15, -0.1) is 0 Å². The molecule has 1 aliphatic rings. The van der Waals surface area contributed by atoms with Gasteiger partial charge in [0.2, 0.25) is 5.91 Å². The van der Waals surface area contributed by atoms with Gasteiger partial charge in [-0.3, -0.25) is 4.79 Å². The van der Waals surface area contributed by atoms with Crippen molar-refractivity contribution in [3.05, 3.63) is 54.1 Å². The third kappa shape index (κ3) is 3.88. The Labute approximate surface area is 143 Å². The minimum absolute atomic E-state index is 0.100. The Balaban J connectivity index is 1.52. The van der Waals surface area contributed by atoms with Gasteiger partial charge in [-0.05, 0) is 48.7 Å². The highest BCUT2D eigenvalue weighted by Gasteiger charge is 2.23. The lowest BCUT2D eigenvalue weighted by Crippen LogP contribution is -2.34. The minimum atomic E-state index is 0.100. The SMILES string of the molecule is CCCCOc1ccc(NCC(=O)N2CCc3ccccc32)cc1. The molecule has 1 N–H and O–H groups in total. The van der Waals surface area contributed by atoms with Gasteiger partial charge in [0.05, 0.1) is 13.2 Å². The van der Waals surface area contributed by atoms with Gasteiger partial charge in [0, 0.05) is 17.9 Å². The lowest BCUT2D eigenvalue weighted by molar-refractivity contribution is -0.116. The molecule has 0 saturated carbocycles. The van der Waals surface area contributed by atoms with E-state index in [9.17, 15) is 4.79 Å². The Morgan fingerprint density at radius 1 is 1.17 bits per heavy atom. The van der Waals surface area contributed by atoms with Gasteiger partial charge >= 0.3 is 0 Å². The smallest absolute Gasteiger partial charge is 0.246 e. The number of fused-ring (bicyclic) bond motifs is 1. The lowest BCUT2D eigenvalue weighted by atomic mass is 10.2. The molecule has 0 saturated heterocycles. The first kappa shape index (κ1) is 16.4. The number of carbonyl (C=O) groups is 1. The Hall–Kier alpha value is -2.49. The average molecular weight is 324 g/mol. The van der Waals surface area contributed by atoms with Gasteiger partial charge in [0.1, 0.15) is 5.75 Å². The van der Waals surface area contributed by atoms with Crippen LogP contribution < -0.4 is 15.0 Å². The summed E-state index contributed by atoms with van der Waals surface area (Å²) in [6.07, 6.45) is 3.12. The minimum Gasteiger partial charge on any atom is -0.494 e. The summed E-state index contributed by atoms with van der Waals surface area (Å²) < 4.78 is 5.64. The normalized spacial score (nSPS) is 12.8. The van der Waals surface area contributed by atoms with E-state index in [1.165, 1.54) is 5.56 Å². The first-order chi connectivity index (χ1) is 11.8. The van der Waals surface area contributed by atoms with Crippen LogP contribution in [0.5, 0.6) is 5.75 Å². The average Bonchev–Trinajstić information content (AvgIpc) is 3.05. The molecule has 2 aromatic rings. The van der Waals surface area contributed by atoms with E-state index >= 15 is 0 Å². The fourth-order valence-electron chi connectivity index (χ4n) is 2.87. The van der Waals surface area contributed by atoms with Crippen LogP contribution >= 0.6 is 0 Å². The molecule has 0 spiro atoms. The third-order valence-corrected chi connectivity index (χ3v) is 4.25. The van der Waals surface area contributed by atoms with Crippen molar-refractivity contribution in [3.8, 4) is 5.75 Å². The fraction of sp³-hybridized carbons (Fsp3) is 0.350.